The summed E-state index contributed by atoms with van der Waals surface area (Å²) in [5.74, 6) is 0. The van der Waals surface area contributed by atoms with Crippen LogP contribution in [0.1, 0.15) is 38.7 Å². The third-order valence-electron chi connectivity index (χ3n) is 3.95. The monoisotopic (exact) mass is 343 g/mol. The van der Waals surface area contributed by atoms with E-state index in [2.05, 4.69) is 17.4 Å². The van der Waals surface area contributed by atoms with Crippen LogP contribution in [0.2, 0.25) is 0 Å². The van der Waals surface area contributed by atoms with Crippen molar-refractivity contribution >= 4 is 7.60 Å². The van der Waals surface area contributed by atoms with E-state index in [4.69, 9.17) is 19.1 Å². The molecular weight excluding hydrogens is 317 g/mol. The summed E-state index contributed by atoms with van der Waals surface area (Å²) >= 11 is 0. The zero-order valence-electron chi connectivity index (χ0n) is 13.8. The zero-order valence-corrected chi connectivity index (χ0v) is 14.7. The average molecular weight is 343 g/mol. The minimum Gasteiger partial charge on any atom is -0.301 e. The summed E-state index contributed by atoms with van der Waals surface area (Å²) in [7, 11) is -3.62. The van der Waals surface area contributed by atoms with Crippen LogP contribution in [0.4, 0.5) is 0 Å². The summed E-state index contributed by atoms with van der Waals surface area (Å²) in [6, 6.07) is 10.1. The summed E-state index contributed by atoms with van der Waals surface area (Å²) in [6.07, 6.45) is 2.98. The van der Waals surface area contributed by atoms with E-state index in [1.54, 1.807) is 13.8 Å². The summed E-state index contributed by atoms with van der Waals surface area (Å²) < 4.78 is 23.7. The van der Waals surface area contributed by atoms with E-state index in [-0.39, 0.29) is 13.2 Å². The first-order valence-electron chi connectivity index (χ1n) is 8.17. The standard InChI is InChI=1S/C16H26NO5P/c1-3-19-21-23(18,22-20-4-2)16(12-8-14-17-16)13-11-15-9-6-5-7-10-15/h5-7,9-10,17H,3-4,8,11-14H2,1-2H3/t16-/m1/s1. The van der Waals surface area contributed by atoms with Gasteiger partial charge in [-0.15, -0.1) is 9.35 Å². The molecule has 0 aromatic heterocycles. The highest BCUT2D eigenvalue weighted by atomic mass is 31.2. The lowest BCUT2D eigenvalue weighted by Gasteiger charge is -2.34. The van der Waals surface area contributed by atoms with E-state index in [0.717, 1.165) is 19.4 Å². The molecule has 1 atom stereocenters. The molecule has 1 aliphatic rings. The van der Waals surface area contributed by atoms with E-state index >= 15 is 0 Å². The average Bonchev–Trinajstić information content (AvgIpc) is 3.08. The molecule has 0 radical (unpaired) electrons. The first-order valence-corrected chi connectivity index (χ1v) is 9.71. The van der Waals surface area contributed by atoms with Crippen molar-refractivity contribution in [1.29, 1.82) is 0 Å². The van der Waals surface area contributed by atoms with Crippen LogP contribution >= 0.6 is 7.60 Å². The molecule has 0 spiro atoms. The number of nitrogens with one attached hydrogen (secondary N) is 1. The normalized spacial score (nSPS) is 21.7. The number of rotatable bonds is 10. The van der Waals surface area contributed by atoms with Crippen LogP contribution in [0.3, 0.4) is 0 Å². The molecule has 130 valence electrons. The molecule has 2 rings (SSSR count). The van der Waals surface area contributed by atoms with Gasteiger partial charge in [-0.05, 0) is 51.6 Å². The van der Waals surface area contributed by atoms with Gasteiger partial charge in [0.1, 0.15) is 5.28 Å². The van der Waals surface area contributed by atoms with Gasteiger partial charge in [0, 0.05) is 0 Å². The van der Waals surface area contributed by atoms with Gasteiger partial charge in [-0.3, -0.25) is 4.57 Å². The summed E-state index contributed by atoms with van der Waals surface area (Å²) in [4.78, 5) is 9.95. The Morgan fingerprint density at radius 1 is 1.13 bits per heavy atom. The molecule has 1 aromatic rings. The Hall–Kier alpha value is -0.750. The van der Waals surface area contributed by atoms with Crippen molar-refractivity contribution in [2.24, 2.45) is 0 Å². The molecule has 0 aliphatic carbocycles. The molecule has 23 heavy (non-hydrogen) atoms. The smallest absolute Gasteiger partial charge is 0.301 e. The molecule has 0 amide bonds. The third kappa shape index (κ3) is 4.63. The molecule has 1 heterocycles. The second-order valence-corrected chi connectivity index (χ2v) is 7.66. The van der Waals surface area contributed by atoms with E-state index in [9.17, 15) is 4.57 Å². The summed E-state index contributed by atoms with van der Waals surface area (Å²) in [6.45, 7) is 4.87. The Labute approximate surface area is 137 Å². The van der Waals surface area contributed by atoms with Gasteiger partial charge >= 0.3 is 7.60 Å². The second-order valence-electron chi connectivity index (χ2n) is 5.51. The number of aryl methyl sites for hydroxylation is 1. The predicted molar refractivity (Wildman–Crippen MR) is 87.8 cm³/mol. The van der Waals surface area contributed by atoms with Crippen molar-refractivity contribution in [3.63, 3.8) is 0 Å². The van der Waals surface area contributed by atoms with Crippen LogP contribution in [-0.2, 0) is 30.1 Å². The largest absolute Gasteiger partial charge is 0.403 e. The lowest BCUT2D eigenvalue weighted by atomic mass is 10.0. The van der Waals surface area contributed by atoms with Crippen molar-refractivity contribution in [1.82, 2.24) is 5.32 Å². The fourth-order valence-corrected chi connectivity index (χ4v) is 4.69. The van der Waals surface area contributed by atoms with Crippen molar-refractivity contribution < 1.29 is 23.7 Å². The maximum absolute atomic E-state index is 13.3. The Bertz CT molecular complexity index is 492. The van der Waals surface area contributed by atoms with Gasteiger partial charge in [-0.2, -0.15) is 0 Å². The lowest BCUT2D eigenvalue weighted by Crippen LogP contribution is -2.41. The van der Waals surface area contributed by atoms with Gasteiger partial charge in [0.2, 0.25) is 0 Å². The maximum atomic E-state index is 13.3. The quantitative estimate of drug-likeness (QED) is 0.396. The number of hydrogen-bond donors (Lipinski definition) is 1. The van der Waals surface area contributed by atoms with Gasteiger partial charge in [-0.1, -0.05) is 30.3 Å². The Kier molecular flexibility index (Phi) is 7.21. The van der Waals surface area contributed by atoms with Gasteiger partial charge in [0.05, 0.1) is 13.2 Å². The van der Waals surface area contributed by atoms with Crippen LogP contribution in [0.25, 0.3) is 0 Å². The Morgan fingerprint density at radius 3 is 2.30 bits per heavy atom. The summed E-state index contributed by atoms with van der Waals surface area (Å²) in [5.41, 5.74) is 1.18. The Morgan fingerprint density at radius 2 is 1.78 bits per heavy atom. The molecule has 0 saturated carbocycles. The molecule has 1 N–H and O–H groups in total. The van der Waals surface area contributed by atoms with E-state index in [1.165, 1.54) is 5.56 Å². The minimum atomic E-state index is -3.62. The third-order valence-corrected chi connectivity index (χ3v) is 6.21. The fourth-order valence-electron chi connectivity index (χ4n) is 2.77. The molecule has 1 fully saturated rings. The Balaban J connectivity index is 2.16. The molecule has 7 heteroatoms. The molecule has 1 saturated heterocycles. The topological polar surface area (TPSA) is 66.0 Å². The molecular formula is C16H26NO5P. The van der Waals surface area contributed by atoms with Gasteiger partial charge < -0.3 is 5.32 Å². The van der Waals surface area contributed by atoms with E-state index in [0.29, 0.717) is 12.8 Å². The number of benzene rings is 1. The zero-order chi connectivity index (χ0) is 16.6. The minimum absolute atomic E-state index is 0.286. The number of hydrogen-bond acceptors (Lipinski definition) is 6. The van der Waals surface area contributed by atoms with Gasteiger partial charge in [-0.25, -0.2) is 9.78 Å². The van der Waals surface area contributed by atoms with Gasteiger partial charge in [0.15, 0.2) is 0 Å². The second kappa shape index (κ2) is 8.92. The summed E-state index contributed by atoms with van der Waals surface area (Å²) in [5, 5.41) is 2.54. The van der Waals surface area contributed by atoms with Crippen molar-refractivity contribution in [3.8, 4) is 0 Å². The molecule has 1 aromatic carbocycles. The van der Waals surface area contributed by atoms with Crippen LogP contribution in [0.15, 0.2) is 30.3 Å². The van der Waals surface area contributed by atoms with Gasteiger partial charge in [0.25, 0.3) is 0 Å². The van der Waals surface area contributed by atoms with E-state index < -0.39 is 12.9 Å². The van der Waals surface area contributed by atoms with Crippen molar-refractivity contribution in [3.05, 3.63) is 35.9 Å². The highest BCUT2D eigenvalue weighted by Crippen LogP contribution is 2.63. The van der Waals surface area contributed by atoms with Crippen LogP contribution in [0, 0.1) is 0 Å². The van der Waals surface area contributed by atoms with Crippen LogP contribution < -0.4 is 5.32 Å². The highest BCUT2D eigenvalue weighted by molar-refractivity contribution is 7.55. The first-order chi connectivity index (χ1) is 11.2. The maximum Gasteiger partial charge on any atom is 0.403 e. The van der Waals surface area contributed by atoms with Crippen LogP contribution in [0.5, 0.6) is 0 Å². The van der Waals surface area contributed by atoms with Crippen LogP contribution in [-0.4, -0.2) is 25.0 Å². The lowest BCUT2D eigenvalue weighted by molar-refractivity contribution is -0.267. The van der Waals surface area contributed by atoms with Crippen molar-refractivity contribution in [2.75, 3.05) is 19.8 Å². The molecule has 0 bridgehead atoms. The van der Waals surface area contributed by atoms with Crippen molar-refractivity contribution in [2.45, 2.75) is 44.8 Å². The molecule has 1 aliphatic heterocycles. The predicted octanol–water partition coefficient (Wildman–Crippen LogP) is 3.83. The highest BCUT2D eigenvalue weighted by Gasteiger charge is 2.54. The first kappa shape index (κ1) is 18.6. The fraction of sp³-hybridized carbons (Fsp3) is 0.625. The SMILES string of the molecule is CCOOP(=O)(OOCC)[C@@]1(CCc2ccccc2)CCCN1. The molecule has 0 unspecified atom stereocenters. The van der Waals surface area contributed by atoms with E-state index in [1.807, 2.05) is 18.2 Å². The molecule has 6 nitrogen and oxygen atoms in total.